The maximum Gasteiger partial charge on any atom is 0.331 e. The highest BCUT2D eigenvalue weighted by Crippen LogP contribution is 2.52. The van der Waals surface area contributed by atoms with Gasteiger partial charge in [-0.3, -0.25) is 4.79 Å². The lowest BCUT2D eigenvalue weighted by molar-refractivity contribution is -0.164. The molecule has 0 bridgehead atoms. The Balaban J connectivity index is 1.65. The zero-order chi connectivity index (χ0) is 19.0. The number of carbonyl (C=O) groups excluding carboxylic acids is 2. The molecule has 2 fully saturated rings. The van der Waals surface area contributed by atoms with E-state index in [0.29, 0.717) is 6.42 Å². The topological polar surface area (TPSA) is 46.6 Å². The molecule has 0 radical (unpaired) electrons. The number of β-lactam (4-membered cyclic amide) rings is 1. The van der Waals surface area contributed by atoms with Crippen molar-refractivity contribution in [3.8, 4) is 0 Å². The van der Waals surface area contributed by atoms with Crippen LogP contribution < -0.4 is 0 Å². The molecule has 0 saturated carbocycles. The monoisotopic (exact) mass is 401 g/mol. The molecule has 2 aliphatic heterocycles. The molecule has 0 aromatic heterocycles. The van der Waals surface area contributed by atoms with Crippen LogP contribution in [0.4, 0.5) is 0 Å². The summed E-state index contributed by atoms with van der Waals surface area (Å²) >= 11 is 7.79. The normalized spacial score (nSPS) is 26.6. The minimum atomic E-state index is -0.666. The number of ether oxygens (including phenoxy) is 1. The van der Waals surface area contributed by atoms with Crippen LogP contribution in [0.15, 0.2) is 60.7 Å². The second-order valence-corrected chi connectivity index (χ2v) is 9.04. The number of esters is 1. The van der Waals surface area contributed by atoms with Crippen molar-refractivity contribution in [2.24, 2.45) is 0 Å². The molecular weight excluding hydrogens is 382 g/mol. The number of hydrogen-bond donors (Lipinski definition) is 0. The molecule has 0 unspecified atom stereocenters. The number of carbonyl (C=O) groups is 2. The third-order valence-electron chi connectivity index (χ3n) is 5.14. The van der Waals surface area contributed by atoms with Gasteiger partial charge in [0.2, 0.25) is 5.91 Å². The molecule has 6 heteroatoms. The third kappa shape index (κ3) is 3.23. The highest BCUT2D eigenvalue weighted by atomic mass is 35.5. The van der Waals surface area contributed by atoms with E-state index >= 15 is 0 Å². The summed E-state index contributed by atoms with van der Waals surface area (Å²) in [6.45, 7) is 1.93. The van der Waals surface area contributed by atoms with Gasteiger partial charge < -0.3 is 9.64 Å². The summed E-state index contributed by atoms with van der Waals surface area (Å²) < 4.78 is 5.45. The first-order valence-electron chi connectivity index (χ1n) is 8.89. The van der Waals surface area contributed by atoms with Crippen LogP contribution in [0.5, 0.6) is 0 Å². The first kappa shape index (κ1) is 18.4. The number of thioether (sulfide) groups is 1. The zero-order valence-electron chi connectivity index (χ0n) is 14.9. The smallest absolute Gasteiger partial charge is 0.331 e. The quantitative estimate of drug-likeness (QED) is 0.431. The second-order valence-electron chi connectivity index (χ2n) is 7.06. The van der Waals surface area contributed by atoms with Crippen LogP contribution in [0.1, 0.15) is 30.6 Å². The summed E-state index contributed by atoms with van der Waals surface area (Å²) in [6.07, 6.45) is -0.0678. The minimum absolute atomic E-state index is 0.0146. The Kier molecular flexibility index (Phi) is 4.91. The van der Waals surface area contributed by atoms with E-state index < -0.39 is 22.9 Å². The summed E-state index contributed by atoms with van der Waals surface area (Å²) in [5, 5.41) is 0.0192. The molecule has 27 heavy (non-hydrogen) atoms. The molecule has 4 rings (SSSR count). The van der Waals surface area contributed by atoms with Crippen molar-refractivity contribution in [1.29, 1.82) is 0 Å². The van der Waals surface area contributed by atoms with Crippen molar-refractivity contribution in [3.05, 3.63) is 71.8 Å². The Bertz CT molecular complexity index is 808. The lowest BCUT2D eigenvalue weighted by Gasteiger charge is -2.38. The van der Waals surface area contributed by atoms with Crippen molar-refractivity contribution in [2.45, 2.75) is 35.6 Å². The molecule has 3 atom stereocenters. The number of amides is 1. The molecule has 2 aromatic carbocycles. The molecule has 1 amide bonds. The van der Waals surface area contributed by atoms with Gasteiger partial charge in [0, 0.05) is 5.88 Å². The van der Waals surface area contributed by atoms with Crippen LogP contribution in [0.3, 0.4) is 0 Å². The lowest BCUT2D eigenvalue weighted by Crippen LogP contribution is -2.58. The van der Waals surface area contributed by atoms with E-state index in [1.54, 1.807) is 16.7 Å². The Hall–Kier alpha value is -1.98. The fourth-order valence-electron chi connectivity index (χ4n) is 3.71. The highest BCUT2D eigenvalue weighted by molar-refractivity contribution is 8.01. The molecule has 4 nitrogen and oxygen atoms in total. The first-order chi connectivity index (χ1) is 13.0. The number of nitrogens with zero attached hydrogens (tertiary/aromatic N) is 1. The molecule has 2 saturated heterocycles. The molecule has 2 aromatic rings. The van der Waals surface area contributed by atoms with Crippen molar-refractivity contribution in [3.63, 3.8) is 0 Å². The molecule has 140 valence electrons. The van der Waals surface area contributed by atoms with Crippen LogP contribution in [0.2, 0.25) is 0 Å². The average molecular weight is 402 g/mol. The van der Waals surface area contributed by atoms with E-state index in [9.17, 15) is 9.59 Å². The highest BCUT2D eigenvalue weighted by Gasteiger charge is 2.61. The van der Waals surface area contributed by atoms with Crippen molar-refractivity contribution in [2.75, 3.05) is 5.88 Å². The van der Waals surface area contributed by atoms with Crippen LogP contribution in [-0.4, -0.2) is 38.8 Å². The van der Waals surface area contributed by atoms with Crippen LogP contribution >= 0.6 is 23.4 Å². The number of hydrogen-bond acceptors (Lipinski definition) is 4. The standard InChI is InChI=1S/C21H20ClNO3S/c1-21(13-22)19(23-16(24)12-17(23)27-21)20(25)26-18(14-8-4-2-5-9-14)15-10-6-3-7-11-15/h2-11,17-19H,12-13H2,1H3/t17-,19+,21+/m1/s1. The largest absolute Gasteiger partial charge is 0.451 e. The first-order valence-corrected chi connectivity index (χ1v) is 10.3. The van der Waals surface area contributed by atoms with Gasteiger partial charge in [-0.05, 0) is 18.1 Å². The van der Waals surface area contributed by atoms with Gasteiger partial charge in [0.15, 0.2) is 6.10 Å². The fourth-order valence-corrected chi connectivity index (χ4v) is 5.65. The Morgan fingerprint density at radius 2 is 1.74 bits per heavy atom. The fraction of sp³-hybridized carbons (Fsp3) is 0.333. The van der Waals surface area contributed by atoms with E-state index in [4.69, 9.17) is 16.3 Å². The SMILES string of the molecule is C[C@@]1(CCl)S[C@@H]2CC(=O)N2[C@H]1C(=O)OC(c1ccccc1)c1ccccc1. The summed E-state index contributed by atoms with van der Waals surface area (Å²) in [4.78, 5) is 27.0. The zero-order valence-corrected chi connectivity index (χ0v) is 16.5. The number of halogens is 1. The van der Waals surface area contributed by atoms with E-state index in [2.05, 4.69) is 0 Å². The number of benzene rings is 2. The van der Waals surface area contributed by atoms with Gasteiger partial charge in [-0.25, -0.2) is 4.79 Å². The van der Waals surface area contributed by atoms with Gasteiger partial charge in [0.05, 0.1) is 16.5 Å². The van der Waals surface area contributed by atoms with Crippen LogP contribution in [-0.2, 0) is 14.3 Å². The number of fused-ring (bicyclic) bond motifs is 1. The lowest BCUT2D eigenvalue weighted by atomic mass is 9.97. The second kappa shape index (κ2) is 7.21. The molecular formula is C21H20ClNO3S. The number of rotatable bonds is 5. The Morgan fingerprint density at radius 3 is 2.22 bits per heavy atom. The summed E-state index contributed by atoms with van der Waals surface area (Å²) in [7, 11) is 0. The average Bonchev–Trinajstić information content (AvgIpc) is 2.95. The Labute approximate surface area is 167 Å². The van der Waals surface area contributed by atoms with Crippen molar-refractivity contribution in [1.82, 2.24) is 4.90 Å². The Morgan fingerprint density at radius 1 is 1.19 bits per heavy atom. The van der Waals surface area contributed by atoms with Crippen LogP contribution in [0.25, 0.3) is 0 Å². The van der Waals surface area contributed by atoms with E-state index in [1.165, 1.54) is 0 Å². The van der Waals surface area contributed by atoms with Crippen LogP contribution in [0, 0.1) is 0 Å². The molecule has 2 aliphatic rings. The van der Waals surface area contributed by atoms with E-state index in [-0.39, 0.29) is 17.2 Å². The summed E-state index contributed by atoms with van der Waals surface area (Å²) in [5.74, 6) is -0.142. The van der Waals surface area contributed by atoms with Gasteiger partial charge in [-0.15, -0.1) is 23.4 Å². The summed E-state index contributed by atoms with van der Waals surface area (Å²) in [6, 6.07) is 18.6. The van der Waals surface area contributed by atoms with Gasteiger partial charge in [-0.1, -0.05) is 60.7 Å². The van der Waals surface area contributed by atoms with E-state index in [1.807, 2.05) is 67.6 Å². The maximum absolute atomic E-state index is 13.2. The molecule has 0 spiro atoms. The van der Waals surface area contributed by atoms with E-state index in [0.717, 1.165) is 11.1 Å². The van der Waals surface area contributed by atoms with Gasteiger partial charge >= 0.3 is 5.97 Å². The molecule has 2 heterocycles. The van der Waals surface area contributed by atoms with Gasteiger partial charge in [0.1, 0.15) is 6.04 Å². The van der Waals surface area contributed by atoms with Crippen molar-refractivity contribution < 1.29 is 14.3 Å². The maximum atomic E-state index is 13.2. The number of alkyl halides is 1. The predicted octanol–water partition coefficient (Wildman–Crippen LogP) is 3.99. The van der Waals surface area contributed by atoms with Gasteiger partial charge in [0.25, 0.3) is 0 Å². The predicted molar refractivity (Wildman–Crippen MR) is 107 cm³/mol. The minimum Gasteiger partial charge on any atom is -0.451 e. The van der Waals surface area contributed by atoms with Crippen molar-refractivity contribution >= 4 is 35.2 Å². The molecule has 0 N–H and O–H groups in total. The van der Waals surface area contributed by atoms with Gasteiger partial charge in [-0.2, -0.15) is 0 Å². The third-order valence-corrected chi connectivity index (χ3v) is 7.42. The summed E-state index contributed by atoms with van der Waals surface area (Å²) in [5.41, 5.74) is 1.78. The molecule has 0 aliphatic carbocycles.